The van der Waals surface area contributed by atoms with Gasteiger partial charge in [0.1, 0.15) is 12.7 Å². The minimum absolute atomic E-state index is 0.0255. The lowest BCUT2D eigenvalue weighted by atomic mass is 10.1. The van der Waals surface area contributed by atoms with Crippen LogP contribution in [-0.4, -0.2) is 40.8 Å². The molecule has 1 aliphatic heterocycles. The molecule has 1 N–H and O–H groups in total. The van der Waals surface area contributed by atoms with Gasteiger partial charge in [-0.1, -0.05) is 18.2 Å². The molecule has 3 rings (SSSR count). The lowest BCUT2D eigenvalue weighted by Crippen LogP contribution is -2.40. The Bertz CT molecular complexity index is 925. The molecule has 0 saturated carbocycles. The predicted molar refractivity (Wildman–Crippen MR) is 94.1 cm³/mol. The molecule has 0 fully saturated rings. The van der Waals surface area contributed by atoms with E-state index in [4.69, 9.17) is 9.47 Å². The monoisotopic (exact) mass is 377 g/mol. The number of hydrogen-bond donors (Lipinski definition) is 1. The highest BCUT2D eigenvalue weighted by molar-refractivity contribution is 7.89. The van der Waals surface area contributed by atoms with Crippen molar-refractivity contribution in [3.63, 3.8) is 0 Å². The van der Waals surface area contributed by atoms with Crippen molar-refractivity contribution in [1.82, 2.24) is 4.72 Å². The lowest BCUT2D eigenvalue weighted by molar-refractivity contribution is 0.0600. The van der Waals surface area contributed by atoms with Crippen LogP contribution in [-0.2, 0) is 14.8 Å². The van der Waals surface area contributed by atoms with E-state index in [0.717, 1.165) is 0 Å². The molecule has 2 aromatic carbocycles. The van der Waals surface area contributed by atoms with Crippen molar-refractivity contribution in [3.8, 4) is 11.5 Å². The standard InChI is InChI=1S/C18H19NO6S/c1-12-7-8-13(18(20)23-2)9-17(12)26(21,22)19-10-14-11-24-15-5-3-4-6-16(15)25-14/h3-9,14,19H,10-11H2,1-2H3/t14-/m1/s1. The first-order valence-electron chi connectivity index (χ1n) is 7.98. The maximum atomic E-state index is 12.6. The summed E-state index contributed by atoms with van der Waals surface area (Å²) >= 11 is 0. The zero-order valence-electron chi connectivity index (χ0n) is 14.4. The minimum Gasteiger partial charge on any atom is -0.486 e. The molecule has 1 atom stereocenters. The number of nitrogens with one attached hydrogen (secondary N) is 1. The van der Waals surface area contributed by atoms with Crippen molar-refractivity contribution in [2.45, 2.75) is 17.9 Å². The Kier molecular flexibility index (Phi) is 5.15. The van der Waals surface area contributed by atoms with Gasteiger partial charge in [-0.05, 0) is 36.8 Å². The molecule has 0 aromatic heterocycles. The minimum atomic E-state index is -3.83. The van der Waals surface area contributed by atoms with E-state index in [1.807, 2.05) is 12.1 Å². The van der Waals surface area contributed by atoms with Crippen molar-refractivity contribution < 1.29 is 27.4 Å². The van der Waals surface area contributed by atoms with Gasteiger partial charge in [0.05, 0.1) is 24.1 Å². The molecule has 8 heteroatoms. The van der Waals surface area contributed by atoms with Gasteiger partial charge >= 0.3 is 5.97 Å². The average Bonchev–Trinajstić information content (AvgIpc) is 2.66. The molecule has 1 aliphatic rings. The molecular weight excluding hydrogens is 358 g/mol. The molecule has 0 bridgehead atoms. The third kappa shape index (κ3) is 3.81. The number of methoxy groups -OCH3 is 1. The van der Waals surface area contributed by atoms with Crippen molar-refractivity contribution in [1.29, 1.82) is 0 Å². The Hall–Kier alpha value is -2.58. The van der Waals surface area contributed by atoms with Crippen LogP contribution >= 0.6 is 0 Å². The highest BCUT2D eigenvalue weighted by Crippen LogP contribution is 2.30. The number of hydrogen-bond acceptors (Lipinski definition) is 6. The normalized spacial score (nSPS) is 16.2. The van der Waals surface area contributed by atoms with Gasteiger partial charge < -0.3 is 14.2 Å². The Labute approximate surface area is 151 Å². The second-order valence-electron chi connectivity index (χ2n) is 5.82. The predicted octanol–water partition coefficient (Wildman–Crippen LogP) is 1.90. The Morgan fingerprint density at radius 2 is 1.96 bits per heavy atom. The van der Waals surface area contributed by atoms with Crippen molar-refractivity contribution in [2.75, 3.05) is 20.3 Å². The summed E-state index contributed by atoms with van der Waals surface area (Å²) in [6, 6.07) is 11.6. The van der Waals surface area contributed by atoms with Crippen LogP contribution in [0.5, 0.6) is 11.5 Å². The van der Waals surface area contributed by atoms with E-state index in [-0.39, 0.29) is 23.6 Å². The summed E-state index contributed by atoms with van der Waals surface area (Å²) in [4.78, 5) is 11.7. The molecule has 0 unspecified atom stereocenters. The summed E-state index contributed by atoms with van der Waals surface area (Å²) in [6.45, 7) is 1.94. The van der Waals surface area contributed by atoms with Gasteiger partial charge in [-0.2, -0.15) is 0 Å². The number of esters is 1. The zero-order chi connectivity index (χ0) is 18.7. The molecule has 0 aliphatic carbocycles. The van der Waals surface area contributed by atoms with E-state index in [1.54, 1.807) is 25.1 Å². The molecule has 7 nitrogen and oxygen atoms in total. The highest BCUT2D eigenvalue weighted by atomic mass is 32.2. The number of carbonyl (C=O) groups is 1. The topological polar surface area (TPSA) is 90.9 Å². The number of aryl methyl sites for hydroxylation is 1. The maximum absolute atomic E-state index is 12.6. The number of rotatable bonds is 5. The van der Waals surface area contributed by atoms with E-state index in [9.17, 15) is 13.2 Å². The molecular formula is C18H19NO6S. The van der Waals surface area contributed by atoms with Crippen LogP contribution in [0.4, 0.5) is 0 Å². The molecule has 0 amide bonds. The van der Waals surface area contributed by atoms with Crippen LogP contribution < -0.4 is 14.2 Å². The van der Waals surface area contributed by atoms with Crippen LogP contribution in [0, 0.1) is 6.92 Å². The van der Waals surface area contributed by atoms with E-state index >= 15 is 0 Å². The number of fused-ring (bicyclic) bond motifs is 1. The first kappa shape index (κ1) is 18.2. The number of sulfonamides is 1. The van der Waals surface area contributed by atoms with E-state index < -0.39 is 22.1 Å². The highest BCUT2D eigenvalue weighted by Gasteiger charge is 2.25. The Morgan fingerprint density at radius 3 is 2.69 bits per heavy atom. The van der Waals surface area contributed by atoms with Crippen molar-refractivity contribution in [2.24, 2.45) is 0 Å². The van der Waals surface area contributed by atoms with Gasteiger partial charge in [0.2, 0.25) is 10.0 Å². The molecule has 2 aromatic rings. The number of carbonyl (C=O) groups excluding carboxylic acids is 1. The second-order valence-corrected chi connectivity index (χ2v) is 7.56. The zero-order valence-corrected chi connectivity index (χ0v) is 15.2. The van der Waals surface area contributed by atoms with Gasteiger partial charge in [-0.15, -0.1) is 0 Å². The molecule has 0 radical (unpaired) electrons. The van der Waals surface area contributed by atoms with Gasteiger partial charge in [0.15, 0.2) is 11.5 Å². The SMILES string of the molecule is COC(=O)c1ccc(C)c(S(=O)(=O)NC[C@@H]2COc3ccccc3O2)c1. The van der Waals surface area contributed by atoms with E-state index in [0.29, 0.717) is 17.1 Å². The fourth-order valence-corrected chi connectivity index (χ4v) is 3.91. The average molecular weight is 377 g/mol. The first-order chi connectivity index (χ1) is 12.4. The number of para-hydroxylation sites is 2. The molecule has 0 saturated heterocycles. The fraction of sp³-hybridized carbons (Fsp3) is 0.278. The van der Waals surface area contributed by atoms with Crippen LogP contribution in [0.3, 0.4) is 0 Å². The molecule has 138 valence electrons. The lowest BCUT2D eigenvalue weighted by Gasteiger charge is -2.26. The Morgan fingerprint density at radius 1 is 1.23 bits per heavy atom. The first-order valence-corrected chi connectivity index (χ1v) is 9.46. The summed E-state index contributed by atoms with van der Waals surface area (Å²) in [6.07, 6.45) is -0.455. The molecule has 1 heterocycles. The van der Waals surface area contributed by atoms with Crippen LogP contribution in [0.15, 0.2) is 47.4 Å². The van der Waals surface area contributed by atoms with Gasteiger partial charge in [-0.25, -0.2) is 17.9 Å². The Balaban J connectivity index is 1.73. The van der Waals surface area contributed by atoms with Crippen molar-refractivity contribution in [3.05, 3.63) is 53.6 Å². The quantitative estimate of drug-likeness (QED) is 0.801. The van der Waals surface area contributed by atoms with Crippen LogP contribution in [0.2, 0.25) is 0 Å². The third-order valence-corrected chi connectivity index (χ3v) is 5.53. The van der Waals surface area contributed by atoms with Crippen LogP contribution in [0.25, 0.3) is 0 Å². The second kappa shape index (κ2) is 7.35. The van der Waals surface area contributed by atoms with Gasteiger partial charge in [0.25, 0.3) is 0 Å². The largest absolute Gasteiger partial charge is 0.486 e. The van der Waals surface area contributed by atoms with Gasteiger partial charge in [0, 0.05) is 0 Å². The summed E-state index contributed by atoms with van der Waals surface area (Å²) in [7, 11) is -2.58. The van der Waals surface area contributed by atoms with E-state index in [1.165, 1.54) is 19.2 Å². The van der Waals surface area contributed by atoms with Gasteiger partial charge in [-0.3, -0.25) is 0 Å². The summed E-state index contributed by atoms with van der Waals surface area (Å²) in [5.74, 6) is 0.613. The molecule has 26 heavy (non-hydrogen) atoms. The smallest absolute Gasteiger partial charge is 0.337 e. The van der Waals surface area contributed by atoms with Crippen LogP contribution in [0.1, 0.15) is 15.9 Å². The maximum Gasteiger partial charge on any atom is 0.337 e. The number of benzene rings is 2. The number of ether oxygens (including phenoxy) is 3. The summed E-state index contributed by atoms with van der Waals surface area (Å²) in [5.41, 5.74) is 0.695. The summed E-state index contributed by atoms with van der Waals surface area (Å²) < 4.78 is 43.8. The van der Waals surface area contributed by atoms with Crippen molar-refractivity contribution >= 4 is 16.0 Å². The summed E-state index contributed by atoms with van der Waals surface area (Å²) in [5, 5.41) is 0. The fourth-order valence-electron chi connectivity index (χ4n) is 2.58. The van der Waals surface area contributed by atoms with E-state index in [2.05, 4.69) is 9.46 Å². The third-order valence-electron chi connectivity index (χ3n) is 3.97. The molecule has 0 spiro atoms.